The van der Waals surface area contributed by atoms with Crippen LogP contribution in [0.25, 0.3) is 0 Å². The van der Waals surface area contributed by atoms with E-state index in [1.807, 2.05) is 32.9 Å². The van der Waals surface area contributed by atoms with Crippen molar-refractivity contribution < 1.29 is 28.9 Å². The number of aryl methyl sites for hydroxylation is 2. The minimum Gasteiger partial charge on any atom is -0.450 e. The summed E-state index contributed by atoms with van der Waals surface area (Å²) < 4.78 is 20.6. The Morgan fingerprint density at radius 2 is 1.93 bits per heavy atom. The van der Waals surface area contributed by atoms with Gasteiger partial charge in [-0.25, -0.2) is 4.79 Å². The van der Waals surface area contributed by atoms with Gasteiger partial charge in [-0.1, -0.05) is 32.9 Å². The molecule has 7 rings (SSSR count). The second kappa shape index (κ2) is 8.17. The van der Waals surface area contributed by atoms with E-state index >= 15 is 0 Å². The molecule has 8 atom stereocenters. The van der Waals surface area contributed by atoms with E-state index in [1.165, 1.54) is 0 Å². The molecule has 0 unspecified atom stereocenters. The first kappa shape index (κ1) is 26.6. The van der Waals surface area contributed by atoms with Gasteiger partial charge in [-0.2, -0.15) is 5.10 Å². The SMILES string of the molecule is CC1=C[C@]23C(=O)[C@@H](C=C4COC(C)(C)O[C@H]4[C@]2(O)[C@H]1OC(=O)c1c2c(nn1C)CCCC2)[C@H]1[C@@H](C[C@H]3C)C1(C)C. The van der Waals surface area contributed by atoms with Gasteiger partial charge in [-0.3, -0.25) is 9.48 Å². The first-order chi connectivity index (χ1) is 18.7. The van der Waals surface area contributed by atoms with Crippen LogP contribution in [0.2, 0.25) is 0 Å². The lowest BCUT2D eigenvalue weighted by molar-refractivity contribution is -0.302. The minimum absolute atomic E-state index is 0.0136. The number of rotatable bonds is 2. The van der Waals surface area contributed by atoms with E-state index in [9.17, 15) is 14.7 Å². The minimum atomic E-state index is -1.82. The number of carbonyl (C=O) groups is 2. The van der Waals surface area contributed by atoms with E-state index in [0.717, 1.165) is 48.9 Å². The highest BCUT2D eigenvalue weighted by atomic mass is 16.7. The van der Waals surface area contributed by atoms with E-state index in [0.29, 0.717) is 17.2 Å². The van der Waals surface area contributed by atoms with E-state index < -0.39 is 35.0 Å². The van der Waals surface area contributed by atoms with Gasteiger partial charge in [-0.15, -0.1) is 0 Å². The van der Waals surface area contributed by atoms with Crippen LogP contribution in [0.15, 0.2) is 23.3 Å². The second-order valence-corrected chi connectivity index (χ2v) is 14.4. The van der Waals surface area contributed by atoms with Crippen molar-refractivity contribution in [1.82, 2.24) is 9.78 Å². The van der Waals surface area contributed by atoms with Crippen molar-refractivity contribution in [2.75, 3.05) is 6.61 Å². The van der Waals surface area contributed by atoms with Crippen LogP contribution < -0.4 is 0 Å². The molecule has 3 fully saturated rings. The molecule has 8 nitrogen and oxygen atoms in total. The molecule has 0 amide bonds. The van der Waals surface area contributed by atoms with Crippen molar-refractivity contribution in [3.05, 3.63) is 40.2 Å². The Morgan fingerprint density at radius 3 is 2.67 bits per heavy atom. The molecule has 1 aromatic rings. The molecular formula is C32H42N2O6. The van der Waals surface area contributed by atoms with Crippen LogP contribution in [0.5, 0.6) is 0 Å². The van der Waals surface area contributed by atoms with Gasteiger partial charge in [0.15, 0.2) is 23.3 Å². The number of fused-ring (bicyclic) bond motifs is 6. The third kappa shape index (κ3) is 3.21. The Bertz CT molecular complexity index is 1390. The van der Waals surface area contributed by atoms with Crippen LogP contribution in [0, 0.1) is 34.5 Å². The van der Waals surface area contributed by atoms with Crippen molar-refractivity contribution in [1.29, 1.82) is 0 Å². The maximum absolute atomic E-state index is 14.8. The van der Waals surface area contributed by atoms with Crippen molar-refractivity contribution in [3.8, 4) is 0 Å². The van der Waals surface area contributed by atoms with Crippen LogP contribution in [0.4, 0.5) is 0 Å². The average Bonchev–Trinajstić information content (AvgIpc) is 3.18. The lowest BCUT2D eigenvalue weighted by Crippen LogP contribution is -2.68. The highest BCUT2D eigenvalue weighted by Gasteiger charge is 2.77. The standard InChI is InChI=1S/C32H42N2O6/c1-16-14-31-17(2)12-21-23(29(21,3)4)20(25(31)35)13-18-15-38-30(5,6)40-27(18)32(31,37)26(16)39-28(36)24-19-10-8-9-11-22(19)33-34(24)7/h13-14,17,20-21,23,26-27,37H,8-12,15H2,1-7H3/t17-,20+,21-,23+,26+,27-,31+,32-/m1/s1. The van der Waals surface area contributed by atoms with Crippen molar-refractivity contribution in [2.45, 2.75) is 97.2 Å². The zero-order valence-electron chi connectivity index (χ0n) is 24.7. The fourth-order valence-corrected chi connectivity index (χ4v) is 9.40. The van der Waals surface area contributed by atoms with Gasteiger partial charge in [0.2, 0.25) is 0 Å². The molecule has 5 aliphatic carbocycles. The summed E-state index contributed by atoms with van der Waals surface area (Å²) in [5.74, 6) is -1.43. The Hall–Kier alpha value is -2.29. The first-order valence-electron chi connectivity index (χ1n) is 15.0. The normalized spacial score (nSPS) is 42.2. The molecular weight excluding hydrogens is 508 g/mol. The summed E-state index contributed by atoms with van der Waals surface area (Å²) in [5.41, 5.74) is 0.749. The Kier molecular flexibility index (Phi) is 5.43. The number of esters is 1. The van der Waals surface area contributed by atoms with Gasteiger partial charge >= 0.3 is 5.97 Å². The van der Waals surface area contributed by atoms with Crippen LogP contribution in [-0.4, -0.2) is 56.8 Å². The number of hydrogen-bond donors (Lipinski definition) is 1. The summed E-state index contributed by atoms with van der Waals surface area (Å²) in [6, 6.07) is 0. The van der Waals surface area contributed by atoms with Gasteiger partial charge < -0.3 is 19.3 Å². The smallest absolute Gasteiger partial charge is 0.357 e. The number of allylic oxidation sites excluding steroid dienone is 1. The Morgan fingerprint density at radius 1 is 1.20 bits per heavy atom. The molecule has 1 aromatic heterocycles. The number of aromatic nitrogens is 2. The first-order valence-corrected chi connectivity index (χ1v) is 15.0. The number of ketones is 1. The molecule has 0 radical (unpaired) electrons. The zero-order valence-corrected chi connectivity index (χ0v) is 24.7. The average molecular weight is 551 g/mol. The second-order valence-electron chi connectivity index (χ2n) is 14.4. The molecule has 216 valence electrons. The quantitative estimate of drug-likeness (QED) is 0.437. The fraction of sp³-hybridized carbons (Fsp3) is 0.719. The largest absolute Gasteiger partial charge is 0.450 e. The van der Waals surface area contributed by atoms with E-state index in [2.05, 4.69) is 25.9 Å². The van der Waals surface area contributed by atoms with Gasteiger partial charge in [0, 0.05) is 18.5 Å². The van der Waals surface area contributed by atoms with Gasteiger partial charge in [0.05, 0.1) is 17.7 Å². The summed E-state index contributed by atoms with van der Waals surface area (Å²) in [5, 5.41) is 17.8. The molecule has 2 heterocycles. The number of aliphatic hydroxyl groups is 1. The molecule has 40 heavy (non-hydrogen) atoms. The predicted octanol–water partition coefficient (Wildman–Crippen LogP) is 4.09. The van der Waals surface area contributed by atoms with Gasteiger partial charge in [0.25, 0.3) is 0 Å². The van der Waals surface area contributed by atoms with E-state index in [-0.39, 0.29) is 35.6 Å². The lowest BCUT2D eigenvalue weighted by Gasteiger charge is -2.52. The highest BCUT2D eigenvalue weighted by molar-refractivity contribution is 5.96. The van der Waals surface area contributed by atoms with Crippen molar-refractivity contribution in [3.63, 3.8) is 0 Å². The third-order valence-electron chi connectivity index (χ3n) is 11.4. The van der Waals surface area contributed by atoms with Crippen molar-refractivity contribution >= 4 is 11.8 Å². The van der Waals surface area contributed by atoms with Gasteiger partial charge in [-0.05, 0) is 87.2 Å². The number of nitrogens with zero attached hydrogens (tertiary/aromatic N) is 2. The molecule has 2 bridgehead atoms. The summed E-state index contributed by atoms with van der Waals surface area (Å²) in [4.78, 5) is 28.8. The van der Waals surface area contributed by atoms with Gasteiger partial charge in [0.1, 0.15) is 11.8 Å². The lowest BCUT2D eigenvalue weighted by atomic mass is 9.59. The van der Waals surface area contributed by atoms with Crippen molar-refractivity contribution in [2.24, 2.45) is 41.5 Å². The Balaban J connectivity index is 1.37. The number of carbonyl (C=O) groups excluding carboxylic acids is 2. The summed E-state index contributed by atoms with van der Waals surface area (Å²) >= 11 is 0. The molecule has 1 aliphatic heterocycles. The predicted molar refractivity (Wildman–Crippen MR) is 146 cm³/mol. The summed E-state index contributed by atoms with van der Waals surface area (Å²) in [6.45, 7) is 12.4. The fourth-order valence-electron chi connectivity index (χ4n) is 9.40. The molecule has 8 heteroatoms. The molecule has 6 aliphatic rings. The Labute approximate surface area is 236 Å². The van der Waals surface area contributed by atoms with Crippen LogP contribution in [0.3, 0.4) is 0 Å². The third-order valence-corrected chi connectivity index (χ3v) is 11.4. The zero-order chi connectivity index (χ0) is 28.6. The molecule has 2 saturated carbocycles. The number of Topliss-reactive ketones (excluding diaryl/α,β-unsaturated/α-hetero) is 1. The highest BCUT2D eigenvalue weighted by Crippen LogP contribution is 2.72. The topological polar surface area (TPSA) is 99.9 Å². The van der Waals surface area contributed by atoms with Crippen LogP contribution >= 0.6 is 0 Å². The number of hydrogen-bond acceptors (Lipinski definition) is 7. The summed E-state index contributed by atoms with van der Waals surface area (Å²) in [6.07, 6.45) is 6.54. The van der Waals surface area contributed by atoms with Crippen LogP contribution in [0.1, 0.15) is 82.6 Å². The van der Waals surface area contributed by atoms with E-state index in [1.54, 1.807) is 11.7 Å². The maximum Gasteiger partial charge on any atom is 0.357 e. The molecule has 0 aromatic carbocycles. The molecule has 1 spiro atoms. The van der Waals surface area contributed by atoms with Crippen LogP contribution in [-0.2, 0) is 38.9 Å². The maximum atomic E-state index is 14.8. The summed E-state index contributed by atoms with van der Waals surface area (Å²) in [7, 11) is 1.77. The van der Waals surface area contributed by atoms with E-state index in [4.69, 9.17) is 14.2 Å². The molecule has 1 N–H and O–H groups in total. The molecule has 1 saturated heterocycles. The number of ether oxygens (including phenoxy) is 3. The monoisotopic (exact) mass is 550 g/mol.